The highest BCUT2D eigenvalue weighted by Crippen LogP contribution is 2.45. The molecule has 9 aromatic carbocycles. The largest absolute Gasteiger partial charge is 0.454 e. The summed E-state index contributed by atoms with van der Waals surface area (Å²) in [6.45, 7) is 0. The molecule has 48 heavy (non-hydrogen) atoms. The number of fused-ring (bicyclic) bond motifs is 6. The first-order valence-corrected chi connectivity index (χ1v) is 16.5. The lowest BCUT2D eigenvalue weighted by Gasteiger charge is -2.17. The van der Waals surface area contributed by atoms with Crippen LogP contribution in [0.25, 0.3) is 104 Å². The molecule has 0 aliphatic heterocycles. The number of hydrogen-bond donors (Lipinski definition) is 0. The van der Waals surface area contributed by atoms with E-state index in [0.717, 1.165) is 38.7 Å². The highest BCUT2D eigenvalue weighted by Gasteiger charge is 2.21. The Bertz CT molecular complexity index is 3050. The van der Waals surface area contributed by atoms with Crippen LogP contribution in [0.1, 0.15) is 0 Å². The van der Waals surface area contributed by atoms with Crippen LogP contribution in [0.2, 0.25) is 0 Å². The van der Waals surface area contributed by atoms with Gasteiger partial charge in [0.1, 0.15) is 11.1 Å². The predicted molar refractivity (Wildman–Crippen MR) is 203 cm³/mol. The molecular weight excluding hydrogens is 583 g/mol. The van der Waals surface area contributed by atoms with Gasteiger partial charge in [-0.05, 0) is 102 Å². The molecule has 0 fully saturated rings. The van der Waals surface area contributed by atoms with Crippen LogP contribution in [0.3, 0.4) is 0 Å². The average Bonchev–Trinajstić information content (AvgIpc) is 3.68. The monoisotopic (exact) mass is 609 g/mol. The lowest BCUT2D eigenvalue weighted by molar-refractivity contribution is 0.673. The van der Waals surface area contributed by atoms with Crippen LogP contribution in [-0.4, -0.2) is 4.57 Å². The van der Waals surface area contributed by atoms with Crippen molar-refractivity contribution in [2.24, 2.45) is 0 Å². The van der Waals surface area contributed by atoms with Gasteiger partial charge >= 0.3 is 0 Å². The summed E-state index contributed by atoms with van der Waals surface area (Å²) < 4.78 is 8.95. The first-order valence-electron chi connectivity index (χ1n) is 16.5. The SMILES string of the molecule is c1ccc(-n2c3ccc(-c4ccc5ccc6c(-c7cccc8ccccc78)ccc7ccc4c5c76)cc3c3oc4ccccc4c32)cc1. The number of aromatic nitrogens is 1. The summed E-state index contributed by atoms with van der Waals surface area (Å²) in [6.07, 6.45) is 0. The third-order valence-electron chi connectivity index (χ3n) is 10.3. The van der Waals surface area contributed by atoms with Crippen LogP contribution in [0.4, 0.5) is 0 Å². The van der Waals surface area contributed by atoms with Crippen LogP contribution in [-0.2, 0) is 0 Å². The molecule has 2 nitrogen and oxygen atoms in total. The third-order valence-corrected chi connectivity index (χ3v) is 10.3. The number of hydrogen-bond acceptors (Lipinski definition) is 1. The number of nitrogens with zero attached hydrogens (tertiary/aromatic N) is 1. The van der Waals surface area contributed by atoms with Gasteiger partial charge in [0, 0.05) is 16.5 Å². The summed E-state index contributed by atoms with van der Waals surface area (Å²) in [5, 5.41) is 12.5. The second-order valence-corrected chi connectivity index (χ2v) is 12.9. The quantitative estimate of drug-likeness (QED) is 0.182. The molecule has 11 aromatic rings. The minimum Gasteiger partial charge on any atom is -0.454 e. The zero-order valence-electron chi connectivity index (χ0n) is 25.9. The summed E-state index contributed by atoms with van der Waals surface area (Å²) in [7, 11) is 0. The lowest BCUT2D eigenvalue weighted by Crippen LogP contribution is -1.93. The number of para-hydroxylation sites is 2. The van der Waals surface area contributed by atoms with E-state index in [0.29, 0.717) is 0 Å². The van der Waals surface area contributed by atoms with Gasteiger partial charge in [0.25, 0.3) is 0 Å². The molecule has 0 aliphatic carbocycles. The summed E-state index contributed by atoms with van der Waals surface area (Å²) >= 11 is 0. The van der Waals surface area contributed by atoms with Gasteiger partial charge in [0.05, 0.1) is 5.52 Å². The van der Waals surface area contributed by atoms with E-state index in [4.69, 9.17) is 4.42 Å². The van der Waals surface area contributed by atoms with Crippen molar-refractivity contribution >= 4 is 76.1 Å². The van der Waals surface area contributed by atoms with Crippen molar-refractivity contribution < 1.29 is 4.42 Å². The standard InChI is InChI=1S/C46H27NO/c1-2-11-32(12-3-1)47-41-26-21-31(27-40(41)46-45(47)39-14-6-7-16-42(39)48-46)34-22-17-29-20-25-38-36(23-18-30-19-24-37(34)43(29)44(30)38)35-15-8-10-28-9-4-5-13-33(28)35/h1-27H. The highest BCUT2D eigenvalue weighted by molar-refractivity contribution is 6.28. The van der Waals surface area contributed by atoms with Crippen LogP contribution < -0.4 is 0 Å². The normalized spacial score (nSPS) is 12.2. The summed E-state index contributed by atoms with van der Waals surface area (Å²) in [5.41, 5.74) is 10.2. The maximum absolute atomic E-state index is 6.60. The predicted octanol–water partition coefficient (Wildman–Crippen LogP) is 12.9. The fourth-order valence-electron chi connectivity index (χ4n) is 8.23. The van der Waals surface area contributed by atoms with Gasteiger partial charge in [-0.15, -0.1) is 0 Å². The van der Waals surface area contributed by atoms with E-state index >= 15 is 0 Å². The molecule has 0 amide bonds. The molecule has 0 unspecified atom stereocenters. The topological polar surface area (TPSA) is 18.1 Å². The van der Waals surface area contributed by atoms with Gasteiger partial charge in [-0.3, -0.25) is 0 Å². The fourth-order valence-corrected chi connectivity index (χ4v) is 8.23. The molecule has 0 bridgehead atoms. The minimum atomic E-state index is 0.907. The Kier molecular flexibility index (Phi) is 5.14. The van der Waals surface area contributed by atoms with Gasteiger partial charge in [-0.2, -0.15) is 0 Å². The Morgan fingerprint density at radius 1 is 0.396 bits per heavy atom. The van der Waals surface area contributed by atoms with Gasteiger partial charge < -0.3 is 8.98 Å². The van der Waals surface area contributed by atoms with Crippen LogP contribution in [0, 0.1) is 0 Å². The number of rotatable bonds is 3. The van der Waals surface area contributed by atoms with Crippen LogP contribution in [0.5, 0.6) is 0 Å². The third kappa shape index (κ3) is 3.46. The van der Waals surface area contributed by atoms with Crippen molar-refractivity contribution in [3.05, 3.63) is 164 Å². The van der Waals surface area contributed by atoms with Gasteiger partial charge in [0.15, 0.2) is 5.58 Å². The second kappa shape index (κ2) is 9.57. The Hall–Kier alpha value is -6.38. The van der Waals surface area contributed by atoms with Crippen molar-refractivity contribution in [3.8, 4) is 27.9 Å². The average molecular weight is 610 g/mol. The Morgan fingerprint density at radius 2 is 1.04 bits per heavy atom. The highest BCUT2D eigenvalue weighted by atomic mass is 16.3. The molecule has 0 radical (unpaired) electrons. The zero-order valence-corrected chi connectivity index (χ0v) is 25.9. The van der Waals surface area contributed by atoms with Crippen molar-refractivity contribution in [2.45, 2.75) is 0 Å². The summed E-state index contributed by atoms with van der Waals surface area (Å²) in [6, 6.07) is 59.5. The van der Waals surface area contributed by atoms with E-state index in [1.165, 1.54) is 65.3 Å². The molecule has 2 heteroatoms. The number of furan rings is 1. The Labute approximate surface area is 276 Å². The van der Waals surface area contributed by atoms with Crippen molar-refractivity contribution in [1.29, 1.82) is 0 Å². The molecule has 0 saturated carbocycles. The van der Waals surface area contributed by atoms with Crippen LogP contribution in [0.15, 0.2) is 168 Å². The van der Waals surface area contributed by atoms with Crippen LogP contribution >= 0.6 is 0 Å². The molecule has 0 atom stereocenters. The van der Waals surface area contributed by atoms with Gasteiger partial charge in [-0.25, -0.2) is 0 Å². The van der Waals surface area contributed by atoms with E-state index in [1.54, 1.807) is 0 Å². The van der Waals surface area contributed by atoms with E-state index in [9.17, 15) is 0 Å². The van der Waals surface area contributed by atoms with E-state index in [2.05, 4.69) is 162 Å². The van der Waals surface area contributed by atoms with Gasteiger partial charge in [0.2, 0.25) is 0 Å². The zero-order chi connectivity index (χ0) is 31.3. The van der Waals surface area contributed by atoms with Crippen molar-refractivity contribution in [2.75, 3.05) is 0 Å². The van der Waals surface area contributed by atoms with E-state index in [-0.39, 0.29) is 0 Å². The molecule has 11 rings (SSSR count). The first-order chi connectivity index (χ1) is 23.8. The molecule has 2 heterocycles. The fraction of sp³-hybridized carbons (Fsp3) is 0. The first kappa shape index (κ1) is 25.8. The Balaban J connectivity index is 1.18. The molecule has 2 aromatic heterocycles. The van der Waals surface area contributed by atoms with E-state index in [1.807, 2.05) is 6.07 Å². The molecular formula is C46H27NO. The van der Waals surface area contributed by atoms with Crippen molar-refractivity contribution in [3.63, 3.8) is 0 Å². The minimum absolute atomic E-state index is 0.907. The number of benzene rings is 9. The molecule has 222 valence electrons. The Morgan fingerprint density at radius 3 is 1.88 bits per heavy atom. The molecule has 0 spiro atoms. The maximum Gasteiger partial charge on any atom is 0.161 e. The second-order valence-electron chi connectivity index (χ2n) is 12.9. The smallest absolute Gasteiger partial charge is 0.161 e. The molecule has 0 aliphatic rings. The lowest BCUT2D eigenvalue weighted by atomic mass is 9.86. The summed E-state index contributed by atoms with van der Waals surface area (Å²) in [4.78, 5) is 0. The van der Waals surface area contributed by atoms with E-state index < -0.39 is 0 Å². The van der Waals surface area contributed by atoms with Gasteiger partial charge in [-0.1, -0.05) is 127 Å². The van der Waals surface area contributed by atoms with Crippen molar-refractivity contribution in [1.82, 2.24) is 4.57 Å². The summed E-state index contributed by atoms with van der Waals surface area (Å²) in [5.74, 6) is 0. The maximum atomic E-state index is 6.60. The molecule has 0 N–H and O–H groups in total. The molecule has 0 saturated heterocycles.